The first-order valence-corrected chi connectivity index (χ1v) is 5.19. The molecule has 6 heteroatoms. The molecule has 88 valence electrons. The molecule has 0 aliphatic heterocycles. The van der Waals surface area contributed by atoms with E-state index in [1.54, 1.807) is 24.3 Å². The highest BCUT2D eigenvalue weighted by atomic mass is 16.6. The van der Waals surface area contributed by atoms with E-state index < -0.39 is 4.92 Å². The predicted molar refractivity (Wildman–Crippen MR) is 65.4 cm³/mol. The van der Waals surface area contributed by atoms with Gasteiger partial charge in [0.1, 0.15) is 11.3 Å². The molecule has 0 radical (unpaired) electrons. The number of non-ortho nitro benzene ring substituents is 1. The molecule has 0 unspecified atom stereocenters. The zero-order valence-corrected chi connectivity index (χ0v) is 9.07. The SMILES string of the molecule is O=[N+]([O-])c1cccc2nc3c(O)cccc3nc12. The Morgan fingerprint density at radius 3 is 2.33 bits per heavy atom. The van der Waals surface area contributed by atoms with Crippen LogP contribution in [0.2, 0.25) is 0 Å². The van der Waals surface area contributed by atoms with Gasteiger partial charge in [0.05, 0.1) is 16.0 Å². The number of fused-ring (bicyclic) bond motifs is 2. The van der Waals surface area contributed by atoms with Gasteiger partial charge in [-0.05, 0) is 18.2 Å². The maximum atomic E-state index is 10.9. The van der Waals surface area contributed by atoms with Crippen LogP contribution in [-0.2, 0) is 0 Å². The number of rotatable bonds is 1. The van der Waals surface area contributed by atoms with Crippen LogP contribution in [0, 0.1) is 10.1 Å². The fraction of sp³-hybridized carbons (Fsp3) is 0. The molecule has 2 aromatic carbocycles. The van der Waals surface area contributed by atoms with Gasteiger partial charge in [0.25, 0.3) is 5.69 Å². The molecule has 0 saturated heterocycles. The lowest BCUT2D eigenvalue weighted by molar-refractivity contribution is -0.383. The standard InChI is InChI=1S/C12H7N3O3/c16-10-6-2-4-8-12(10)14-7-3-1-5-9(15(17)18)11(7)13-8/h1-6,16H. The van der Waals surface area contributed by atoms with E-state index in [0.29, 0.717) is 16.6 Å². The summed E-state index contributed by atoms with van der Waals surface area (Å²) in [6.45, 7) is 0. The van der Waals surface area contributed by atoms with Crippen LogP contribution in [-0.4, -0.2) is 20.0 Å². The second-order valence-electron chi connectivity index (χ2n) is 3.77. The molecule has 1 N–H and O–H groups in total. The quantitative estimate of drug-likeness (QED) is 0.401. The van der Waals surface area contributed by atoms with Gasteiger partial charge in [0.15, 0.2) is 5.52 Å². The highest BCUT2D eigenvalue weighted by Crippen LogP contribution is 2.27. The zero-order valence-electron chi connectivity index (χ0n) is 9.07. The van der Waals surface area contributed by atoms with Crippen LogP contribution in [0.25, 0.3) is 22.1 Å². The highest BCUT2D eigenvalue weighted by Gasteiger charge is 2.15. The summed E-state index contributed by atoms with van der Waals surface area (Å²) in [4.78, 5) is 18.8. The van der Waals surface area contributed by atoms with E-state index in [1.165, 1.54) is 12.1 Å². The van der Waals surface area contributed by atoms with Gasteiger partial charge in [0.2, 0.25) is 0 Å². The monoisotopic (exact) mass is 241 g/mol. The normalized spacial score (nSPS) is 10.9. The minimum Gasteiger partial charge on any atom is -0.506 e. The molecule has 1 heterocycles. The fourth-order valence-electron chi connectivity index (χ4n) is 1.84. The molecule has 0 bridgehead atoms. The Labute approximate surface area is 101 Å². The molecule has 0 spiro atoms. The molecule has 1 aromatic heterocycles. The number of phenolic OH excluding ortho intramolecular Hbond substituents is 1. The van der Waals surface area contributed by atoms with Gasteiger partial charge < -0.3 is 5.11 Å². The molecule has 0 fully saturated rings. The summed E-state index contributed by atoms with van der Waals surface area (Å²) < 4.78 is 0. The number of phenols is 1. The molecule has 18 heavy (non-hydrogen) atoms. The van der Waals surface area contributed by atoms with Crippen molar-refractivity contribution in [3.63, 3.8) is 0 Å². The molecular weight excluding hydrogens is 234 g/mol. The average molecular weight is 241 g/mol. The van der Waals surface area contributed by atoms with Crippen LogP contribution >= 0.6 is 0 Å². The summed E-state index contributed by atoms with van der Waals surface area (Å²) in [5.41, 5.74) is 1.28. The maximum absolute atomic E-state index is 10.9. The van der Waals surface area contributed by atoms with Gasteiger partial charge in [-0.15, -0.1) is 0 Å². The zero-order chi connectivity index (χ0) is 12.7. The number of nitrogens with zero attached hydrogens (tertiary/aromatic N) is 3. The molecule has 0 aliphatic rings. The van der Waals surface area contributed by atoms with Crippen molar-refractivity contribution in [2.75, 3.05) is 0 Å². The number of benzene rings is 2. The Kier molecular flexibility index (Phi) is 2.09. The first kappa shape index (κ1) is 10.4. The minimum atomic E-state index is -0.494. The van der Waals surface area contributed by atoms with Crippen LogP contribution in [0.1, 0.15) is 0 Å². The molecule has 0 amide bonds. The van der Waals surface area contributed by atoms with Gasteiger partial charge in [-0.1, -0.05) is 12.1 Å². The second kappa shape index (κ2) is 3.63. The van der Waals surface area contributed by atoms with Gasteiger partial charge in [0, 0.05) is 6.07 Å². The van der Waals surface area contributed by atoms with Crippen molar-refractivity contribution in [1.29, 1.82) is 0 Å². The summed E-state index contributed by atoms with van der Waals surface area (Å²) in [6.07, 6.45) is 0. The van der Waals surface area contributed by atoms with Crippen LogP contribution in [0.3, 0.4) is 0 Å². The molecule has 6 nitrogen and oxygen atoms in total. The van der Waals surface area contributed by atoms with E-state index in [4.69, 9.17) is 0 Å². The maximum Gasteiger partial charge on any atom is 0.297 e. The summed E-state index contributed by atoms with van der Waals surface area (Å²) in [5, 5.41) is 20.6. The Bertz CT molecular complexity index is 786. The number of aromatic hydroxyl groups is 1. The summed E-state index contributed by atoms with van der Waals surface area (Å²) in [6, 6.07) is 9.32. The van der Waals surface area contributed by atoms with Crippen molar-refractivity contribution in [2.45, 2.75) is 0 Å². The minimum absolute atomic E-state index is 0.00778. The number of para-hydroxylation sites is 2. The van der Waals surface area contributed by atoms with Crippen LogP contribution in [0.5, 0.6) is 5.75 Å². The predicted octanol–water partition coefficient (Wildman–Crippen LogP) is 2.40. The number of hydrogen-bond donors (Lipinski definition) is 1. The average Bonchev–Trinajstić information content (AvgIpc) is 2.36. The van der Waals surface area contributed by atoms with Gasteiger partial charge in [-0.25, -0.2) is 9.97 Å². The Morgan fingerprint density at radius 2 is 1.61 bits per heavy atom. The molecular formula is C12H7N3O3. The fourth-order valence-corrected chi connectivity index (χ4v) is 1.84. The van der Waals surface area contributed by atoms with E-state index in [2.05, 4.69) is 9.97 Å². The Balaban J connectivity index is 2.49. The van der Waals surface area contributed by atoms with E-state index >= 15 is 0 Å². The molecule has 0 atom stereocenters. The summed E-state index contributed by atoms with van der Waals surface area (Å²) in [5.74, 6) is 0.00778. The topological polar surface area (TPSA) is 89.2 Å². The number of aromatic nitrogens is 2. The van der Waals surface area contributed by atoms with Gasteiger partial charge in [-0.2, -0.15) is 0 Å². The largest absolute Gasteiger partial charge is 0.506 e. The first-order chi connectivity index (χ1) is 8.66. The Hall–Kier alpha value is -2.76. The second-order valence-corrected chi connectivity index (χ2v) is 3.77. The van der Waals surface area contributed by atoms with Crippen LogP contribution in [0.4, 0.5) is 5.69 Å². The first-order valence-electron chi connectivity index (χ1n) is 5.19. The third-order valence-electron chi connectivity index (χ3n) is 2.65. The van der Waals surface area contributed by atoms with Crippen LogP contribution in [0.15, 0.2) is 36.4 Å². The lowest BCUT2D eigenvalue weighted by Crippen LogP contribution is -1.94. The third-order valence-corrected chi connectivity index (χ3v) is 2.65. The molecule has 0 saturated carbocycles. The number of nitro benzene ring substituents is 1. The lowest BCUT2D eigenvalue weighted by Gasteiger charge is -2.02. The Morgan fingerprint density at radius 1 is 1.00 bits per heavy atom. The van der Waals surface area contributed by atoms with Crippen molar-refractivity contribution in [3.05, 3.63) is 46.5 Å². The van der Waals surface area contributed by atoms with Gasteiger partial charge in [-0.3, -0.25) is 10.1 Å². The van der Waals surface area contributed by atoms with E-state index in [1.807, 2.05) is 0 Å². The highest BCUT2D eigenvalue weighted by molar-refractivity contribution is 5.93. The molecule has 3 aromatic rings. The smallest absolute Gasteiger partial charge is 0.297 e. The van der Waals surface area contributed by atoms with E-state index in [9.17, 15) is 15.2 Å². The lowest BCUT2D eigenvalue weighted by atomic mass is 10.2. The number of nitro groups is 1. The van der Waals surface area contributed by atoms with Crippen molar-refractivity contribution in [2.24, 2.45) is 0 Å². The van der Waals surface area contributed by atoms with Crippen molar-refractivity contribution in [3.8, 4) is 5.75 Å². The van der Waals surface area contributed by atoms with E-state index in [-0.39, 0.29) is 17.0 Å². The van der Waals surface area contributed by atoms with Crippen LogP contribution < -0.4 is 0 Å². The van der Waals surface area contributed by atoms with Crippen molar-refractivity contribution < 1.29 is 10.0 Å². The van der Waals surface area contributed by atoms with Crippen molar-refractivity contribution >= 4 is 27.8 Å². The summed E-state index contributed by atoms with van der Waals surface area (Å²) >= 11 is 0. The van der Waals surface area contributed by atoms with E-state index in [0.717, 1.165) is 0 Å². The van der Waals surface area contributed by atoms with Gasteiger partial charge >= 0.3 is 0 Å². The number of hydrogen-bond acceptors (Lipinski definition) is 5. The summed E-state index contributed by atoms with van der Waals surface area (Å²) in [7, 11) is 0. The molecule has 0 aliphatic carbocycles. The molecule has 3 rings (SSSR count). The third kappa shape index (κ3) is 1.43. The van der Waals surface area contributed by atoms with Crippen molar-refractivity contribution in [1.82, 2.24) is 9.97 Å².